The van der Waals surface area contributed by atoms with Crippen LogP contribution in [0.4, 0.5) is 0 Å². The summed E-state index contributed by atoms with van der Waals surface area (Å²) in [6, 6.07) is 68.9. The van der Waals surface area contributed by atoms with Gasteiger partial charge in [0.25, 0.3) is 0 Å². The Morgan fingerprint density at radius 2 is 0.897 bits per heavy atom. The van der Waals surface area contributed by atoms with Crippen molar-refractivity contribution in [3.05, 3.63) is 205 Å². The summed E-state index contributed by atoms with van der Waals surface area (Å²) in [6.07, 6.45) is 0. The van der Waals surface area contributed by atoms with E-state index in [-0.39, 0.29) is 5.41 Å². The smallest absolute Gasteiger partial charge is 0.160 e. The predicted octanol–water partition coefficient (Wildman–Crippen LogP) is 14.7. The Kier molecular flexibility index (Phi) is 7.84. The largest absolute Gasteiger partial charge is 0.455 e. The summed E-state index contributed by atoms with van der Waals surface area (Å²) < 4.78 is 6.56. The van der Waals surface area contributed by atoms with Crippen LogP contribution in [0.15, 0.2) is 199 Å². The van der Waals surface area contributed by atoms with Crippen molar-refractivity contribution < 1.29 is 4.42 Å². The highest BCUT2D eigenvalue weighted by Crippen LogP contribution is 2.51. The standard InChI is InChI=1S/C55H38N2O/c1-55(2)48-32-38(35-15-6-3-7-16-35)25-27-44(48)45-28-26-39(33-49(45)55)50-34-51(57-54(56-50)37-19-10-5-11-20-37)42-30-40(36-17-8-4-9-18-36)29-41(31-42)43-22-14-23-47-46-21-12-13-24-52(46)58-53(43)47/h3-34H,1-2H3. The average Bonchev–Trinajstić information content (AvgIpc) is 3.78. The maximum Gasteiger partial charge on any atom is 0.160 e. The number of rotatable bonds is 6. The Morgan fingerprint density at radius 3 is 1.60 bits per heavy atom. The topological polar surface area (TPSA) is 38.9 Å². The van der Waals surface area contributed by atoms with Crippen LogP contribution in [0.2, 0.25) is 0 Å². The van der Waals surface area contributed by atoms with Gasteiger partial charge < -0.3 is 4.42 Å². The first-order valence-corrected chi connectivity index (χ1v) is 19.9. The molecule has 2 heterocycles. The third kappa shape index (κ3) is 5.66. The molecule has 0 fully saturated rings. The Labute approximate surface area is 338 Å². The summed E-state index contributed by atoms with van der Waals surface area (Å²) in [7, 11) is 0. The molecule has 58 heavy (non-hydrogen) atoms. The van der Waals surface area contributed by atoms with Crippen LogP contribution in [-0.2, 0) is 5.41 Å². The van der Waals surface area contributed by atoms with Gasteiger partial charge >= 0.3 is 0 Å². The van der Waals surface area contributed by atoms with E-state index in [1.165, 1.54) is 33.4 Å². The summed E-state index contributed by atoms with van der Waals surface area (Å²) in [4.78, 5) is 10.6. The van der Waals surface area contributed by atoms with E-state index in [1.54, 1.807) is 0 Å². The Morgan fingerprint density at radius 1 is 0.362 bits per heavy atom. The quantitative estimate of drug-likeness (QED) is 0.170. The lowest BCUT2D eigenvalue weighted by Gasteiger charge is -2.22. The first-order valence-electron chi connectivity index (χ1n) is 19.9. The van der Waals surface area contributed by atoms with E-state index >= 15 is 0 Å². The summed E-state index contributed by atoms with van der Waals surface area (Å²) >= 11 is 0. The minimum atomic E-state index is -0.194. The number of nitrogens with zero attached hydrogens (tertiary/aromatic N) is 2. The summed E-state index contributed by atoms with van der Waals surface area (Å²) in [5.41, 5.74) is 18.4. The Bertz CT molecular complexity index is 3180. The molecule has 0 bridgehead atoms. The van der Waals surface area contributed by atoms with Gasteiger partial charge in [-0.25, -0.2) is 9.97 Å². The molecular weight excluding hydrogens is 705 g/mol. The lowest BCUT2D eigenvalue weighted by molar-refractivity contribution is 0.661. The van der Waals surface area contributed by atoms with Crippen LogP contribution in [-0.4, -0.2) is 9.97 Å². The third-order valence-electron chi connectivity index (χ3n) is 11.9. The van der Waals surface area contributed by atoms with Gasteiger partial charge in [0.1, 0.15) is 11.2 Å². The number of hydrogen-bond acceptors (Lipinski definition) is 3. The molecule has 0 spiro atoms. The zero-order valence-corrected chi connectivity index (χ0v) is 32.3. The van der Waals surface area contributed by atoms with E-state index in [4.69, 9.17) is 14.4 Å². The van der Waals surface area contributed by atoms with Crippen molar-refractivity contribution in [3.8, 4) is 78.4 Å². The van der Waals surface area contributed by atoms with Gasteiger partial charge in [0.15, 0.2) is 5.82 Å². The lowest BCUT2D eigenvalue weighted by Crippen LogP contribution is -2.15. The summed E-state index contributed by atoms with van der Waals surface area (Å²) in [6.45, 7) is 4.69. The molecule has 0 atom stereocenters. The second kappa shape index (κ2) is 13.4. The summed E-state index contributed by atoms with van der Waals surface area (Å²) in [5, 5.41) is 2.22. The molecule has 3 nitrogen and oxygen atoms in total. The number of furan rings is 1. The highest BCUT2D eigenvalue weighted by Gasteiger charge is 2.36. The maximum atomic E-state index is 6.56. The van der Waals surface area contributed by atoms with Crippen molar-refractivity contribution in [2.75, 3.05) is 0 Å². The zero-order valence-electron chi connectivity index (χ0n) is 32.3. The van der Waals surface area contributed by atoms with Gasteiger partial charge in [0.05, 0.1) is 11.4 Å². The van der Waals surface area contributed by atoms with E-state index in [1.807, 2.05) is 30.3 Å². The molecule has 8 aromatic carbocycles. The number of hydrogen-bond donors (Lipinski definition) is 0. The fourth-order valence-corrected chi connectivity index (χ4v) is 8.87. The monoisotopic (exact) mass is 742 g/mol. The molecule has 0 N–H and O–H groups in total. The Balaban J connectivity index is 1.09. The highest BCUT2D eigenvalue weighted by atomic mass is 16.3. The molecule has 0 aliphatic heterocycles. The van der Waals surface area contributed by atoms with Crippen LogP contribution >= 0.6 is 0 Å². The van der Waals surface area contributed by atoms with Crippen molar-refractivity contribution in [1.82, 2.24) is 9.97 Å². The number of para-hydroxylation sites is 2. The van der Waals surface area contributed by atoms with E-state index in [0.717, 1.165) is 72.3 Å². The molecule has 0 saturated heterocycles. The van der Waals surface area contributed by atoms with Gasteiger partial charge in [-0.05, 0) is 92.5 Å². The van der Waals surface area contributed by atoms with Gasteiger partial charge in [-0.1, -0.05) is 166 Å². The van der Waals surface area contributed by atoms with Crippen molar-refractivity contribution >= 4 is 21.9 Å². The second-order valence-corrected chi connectivity index (χ2v) is 15.8. The van der Waals surface area contributed by atoms with Gasteiger partial charge in [-0.15, -0.1) is 0 Å². The SMILES string of the molecule is CC1(C)c2cc(-c3ccccc3)ccc2-c2ccc(-c3cc(-c4cc(-c5ccccc5)cc(-c5cccc6c5oc5ccccc56)c4)nc(-c4ccccc4)n3)cc21. The van der Waals surface area contributed by atoms with Gasteiger partial charge in [0, 0.05) is 38.4 Å². The molecule has 1 aliphatic carbocycles. The van der Waals surface area contributed by atoms with E-state index < -0.39 is 0 Å². The normalized spacial score (nSPS) is 12.8. The van der Waals surface area contributed by atoms with Crippen molar-refractivity contribution in [2.24, 2.45) is 0 Å². The third-order valence-corrected chi connectivity index (χ3v) is 11.9. The molecule has 11 rings (SSSR count). The maximum absolute atomic E-state index is 6.56. The van der Waals surface area contributed by atoms with Crippen molar-refractivity contribution in [3.63, 3.8) is 0 Å². The van der Waals surface area contributed by atoms with Crippen LogP contribution in [0, 0.1) is 0 Å². The van der Waals surface area contributed by atoms with E-state index in [2.05, 4.69) is 178 Å². The van der Waals surface area contributed by atoms with E-state index in [0.29, 0.717) is 5.82 Å². The molecule has 0 saturated carbocycles. The van der Waals surface area contributed by atoms with Crippen molar-refractivity contribution in [1.29, 1.82) is 0 Å². The Hall–Kier alpha value is -7.36. The first kappa shape index (κ1) is 33.9. The molecule has 274 valence electrons. The van der Waals surface area contributed by atoms with Gasteiger partial charge in [-0.3, -0.25) is 0 Å². The van der Waals surface area contributed by atoms with E-state index in [9.17, 15) is 0 Å². The lowest BCUT2D eigenvalue weighted by atomic mass is 9.81. The fourth-order valence-electron chi connectivity index (χ4n) is 8.87. The van der Waals surface area contributed by atoms with Crippen LogP contribution < -0.4 is 0 Å². The van der Waals surface area contributed by atoms with Gasteiger partial charge in [-0.2, -0.15) is 0 Å². The summed E-state index contributed by atoms with van der Waals surface area (Å²) in [5.74, 6) is 0.690. The average molecular weight is 743 g/mol. The zero-order chi connectivity index (χ0) is 38.8. The van der Waals surface area contributed by atoms with Gasteiger partial charge in [0.2, 0.25) is 0 Å². The molecule has 1 aliphatic rings. The predicted molar refractivity (Wildman–Crippen MR) is 239 cm³/mol. The molecule has 0 radical (unpaired) electrons. The highest BCUT2D eigenvalue weighted by molar-refractivity contribution is 6.10. The minimum Gasteiger partial charge on any atom is -0.455 e. The molecule has 10 aromatic rings. The molecule has 0 unspecified atom stereocenters. The number of benzene rings is 8. The first-order chi connectivity index (χ1) is 28.5. The molecule has 2 aromatic heterocycles. The fraction of sp³-hybridized carbons (Fsp3) is 0.0545. The number of aromatic nitrogens is 2. The van der Waals surface area contributed by atoms with Crippen LogP contribution in [0.5, 0.6) is 0 Å². The molecule has 3 heteroatoms. The minimum absolute atomic E-state index is 0.194. The van der Waals surface area contributed by atoms with Crippen LogP contribution in [0.25, 0.3) is 100 Å². The van der Waals surface area contributed by atoms with Crippen LogP contribution in [0.3, 0.4) is 0 Å². The van der Waals surface area contributed by atoms with Crippen molar-refractivity contribution in [2.45, 2.75) is 19.3 Å². The number of fused-ring (bicyclic) bond motifs is 6. The van der Waals surface area contributed by atoms with Crippen LogP contribution in [0.1, 0.15) is 25.0 Å². The second-order valence-electron chi connectivity index (χ2n) is 15.8. The molecule has 0 amide bonds. The molecular formula is C55H38N2O.